The lowest BCUT2D eigenvalue weighted by molar-refractivity contribution is -0.140. The first kappa shape index (κ1) is 20.8. The van der Waals surface area contributed by atoms with Crippen molar-refractivity contribution in [3.63, 3.8) is 0 Å². The molecule has 1 N–H and O–H groups in total. The number of hydrogen-bond donors (Lipinski definition) is 1. The summed E-state index contributed by atoms with van der Waals surface area (Å²) < 4.78 is 20.3. The largest absolute Gasteiger partial charge is 0.507 e. The molecule has 1 aliphatic rings. The van der Waals surface area contributed by atoms with Crippen molar-refractivity contribution >= 4 is 28.8 Å². The normalized spacial score (nSPS) is 17.9. The zero-order valence-corrected chi connectivity index (χ0v) is 17.6. The number of halogens is 1. The Labute approximate surface area is 183 Å². The van der Waals surface area contributed by atoms with Crippen LogP contribution < -0.4 is 4.74 Å². The Morgan fingerprint density at radius 1 is 1.13 bits per heavy atom. The van der Waals surface area contributed by atoms with Crippen molar-refractivity contribution in [2.45, 2.75) is 19.5 Å². The molecule has 31 heavy (non-hydrogen) atoms. The van der Waals surface area contributed by atoms with Gasteiger partial charge in [0.15, 0.2) is 0 Å². The molecule has 2 heterocycles. The topological polar surface area (TPSA) is 66.8 Å². The van der Waals surface area contributed by atoms with Gasteiger partial charge in [-0.15, -0.1) is 11.3 Å². The Morgan fingerprint density at radius 2 is 1.94 bits per heavy atom. The van der Waals surface area contributed by atoms with E-state index in [4.69, 9.17) is 4.74 Å². The van der Waals surface area contributed by atoms with Crippen molar-refractivity contribution in [1.29, 1.82) is 0 Å². The maximum Gasteiger partial charge on any atom is 0.295 e. The summed E-state index contributed by atoms with van der Waals surface area (Å²) in [6.45, 7) is 2.41. The van der Waals surface area contributed by atoms with Crippen LogP contribution in [-0.4, -0.2) is 28.3 Å². The lowest BCUT2D eigenvalue weighted by Crippen LogP contribution is -2.29. The third-order valence-electron chi connectivity index (χ3n) is 5.06. The zero-order chi connectivity index (χ0) is 22.0. The lowest BCUT2D eigenvalue weighted by atomic mass is 9.95. The van der Waals surface area contributed by atoms with Crippen molar-refractivity contribution in [2.24, 2.45) is 0 Å². The summed E-state index contributed by atoms with van der Waals surface area (Å²) in [5, 5.41) is 12.9. The van der Waals surface area contributed by atoms with E-state index in [0.717, 1.165) is 4.88 Å². The second kappa shape index (κ2) is 8.73. The van der Waals surface area contributed by atoms with E-state index in [1.165, 1.54) is 34.4 Å². The quantitative estimate of drug-likeness (QED) is 0.338. The lowest BCUT2D eigenvalue weighted by Gasteiger charge is -2.25. The standard InChI is InChI=1S/C24H20FNO4S/c1-2-30-16-8-5-7-15(13-16)22(27)20-21(18-10-3-4-11-19(18)25)26(24(29)23(20)28)14-17-9-6-12-31-17/h3-13,21,27H,2,14H2,1H3/b22-20-. The summed E-state index contributed by atoms with van der Waals surface area (Å²) in [7, 11) is 0. The molecule has 158 valence electrons. The number of aliphatic hydroxyl groups excluding tert-OH is 1. The molecule has 4 rings (SSSR count). The van der Waals surface area contributed by atoms with Gasteiger partial charge >= 0.3 is 0 Å². The molecule has 0 aliphatic carbocycles. The second-order valence-corrected chi connectivity index (χ2v) is 8.02. The van der Waals surface area contributed by atoms with Crippen molar-refractivity contribution < 1.29 is 23.8 Å². The molecule has 1 aromatic heterocycles. The number of benzene rings is 2. The van der Waals surface area contributed by atoms with Gasteiger partial charge in [-0.1, -0.05) is 36.4 Å². The van der Waals surface area contributed by atoms with E-state index in [2.05, 4.69) is 0 Å². The number of carbonyl (C=O) groups excluding carboxylic acids is 2. The van der Waals surface area contributed by atoms with Gasteiger partial charge in [0, 0.05) is 16.0 Å². The number of rotatable bonds is 6. The van der Waals surface area contributed by atoms with E-state index in [-0.39, 0.29) is 23.4 Å². The van der Waals surface area contributed by atoms with Gasteiger partial charge in [0.1, 0.15) is 17.3 Å². The molecule has 1 fully saturated rings. The van der Waals surface area contributed by atoms with Crippen molar-refractivity contribution in [2.75, 3.05) is 6.61 Å². The smallest absolute Gasteiger partial charge is 0.295 e. The highest BCUT2D eigenvalue weighted by atomic mass is 32.1. The fourth-order valence-corrected chi connectivity index (χ4v) is 4.39. The maximum absolute atomic E-state index is 14.8. The Morgan fingerprint density at radius 3 is 2.65 bits per heavy atom. The SMILES string of the molecule is CCOc1cccc(/C(O)=C2/C(=O)C(=O)N(Cc3cccs3)C2c2ccccc2F)c1. The Bertz CT molecular complexity index is 1160. The van der Waals surface area contributed by atoms with Gasteiger partial charge in [0.25, 0.3) is 11.7 Å². The number of ketones is 1. The first-order chi connectivity index (χ1) is 15.0. The molecule has 7 heteroatoms. The predicted octanol–water partition coefficient (Wildman–Crippen LogP) is 4.91. The summed E-state index contributed by atoms with van der Waals surface area (Å²) in [4.78, 5) is 28.1. The number of Topliss-reactive ketones (excluding diaryl/α,β-unsaturated/α-hetero) is 1. The van der Waals surface area contributed by atoms with E-state index in [0.29, 0.717) is 17.9 Å². The van der Waals surface area contributed by atoms with Crippen LogP contribution >= 0.6 is 11.3 Å². The Hall–Kier alpha value is -3.45. The Kier molecular flexibility index (Phi) is 5.86. The molecule has 5 nitrogen and oxygen atoms in total. The molecular formula is C24H20FNO4S. The van der Waals surface area contributed by atoms with Crippen LogP contribution in [0.25, 0.3) is 5.76 Å². The second-order valence-electron chi connectivity index (χ2n) is 6.99. The summed E-state index contributed by atoms with van der Waals surface area (Å²) in [6, 6.07) is 15.2. The monoisotopic (exact) mass is 437 g/mol. The predicted molar refractivity (Wildman–Crippen MR) is 116 cm³/mol. The zero-order valence-electron chi connectivity index (χ0n) is 16.7. The van der Waals surface area contributed by atoms with Crippen molar-refractivity contribution in [3.8, 4) is 5.75 Å². The third-order valence-corrected chi connectivity index (χ3v) is 5.93. The molecular weight excluding hydrogens is 417 g/mol. The van der Waals surface area contributed by atoms with Crippen LogP contribution in [-0.2, 0) is 16.1 Å². The minimum absolute atomic E-state index is 0.136. The molecule has 1 amide bonds. The average Bonchev–Trinajstić information content (AvgIpc) is 3.37. The molecule has 1 atom stereocenters. The number of carbonyl (C=O) groups is 2. The molecule has 3 aromatic rings. The number of likely N-dealkylation sites (tertiary alicyclic amines) is 1. The fraction of sp³-hybridized carbons (Fsp3) is 0.167. The molecule has 0 radical (unpaired) electrons. The van der Waals surface area contributed by atoms with Crippen molar-refractivity contribution in [1.82, 2.24) is 4.90 Å². The Balaban J connectivity index is 1.87. The maximum atomic E-state index is 14.8. The highest BCUT2D eigenvalue weighted by molar-refractivity contribution is 7.09. The summed E-state index contributed by atoms with van der Waals surface area (Å²) >= 11 is 1.43. The van der Waals surface area contributed by atoms with Gasteiger partial charge in [-0.05, 0) is 36.6 Å². The number of amides is 1. The van der Waals surface area contributed by atoms with E-state index >= 15 is 0 Å². The van der Waals surface area contributed by atoms with E-state index < -0.39 is 23.5 Å². The molecule has 0 spiro atoms. The van der Waals surface area contributed by atoms with Crippen LogP contribution in [0.3, 0.4) is 0 Å². The molecule has 1 aliphatic heterocycles. The fourth-order valence-electron chi connectivity index (χ4n) is 3.69. The number of ether oxygens (including phenoxy) is 1. The van der Waals surface area contributed by atoms with Crippen LogP contribution in [0.15, 0.2) is 71.6 Å². The van der Waals surface area contributed by atoms with E-state index in [9.17, 15) is 19.1 Å². The van der Waals surface area contributed by atoms with Crippen LogP contribution in [0.4, 0.5) is 4.39 Å². The van der Waals surface area contributed by atoms with Gasteiger partial charge < -0.3 is 14.7 Å². The van der Waals surface area contributed by atoms with Gasteiger partial charge in [0.2, 0.25) is 0 Å². The summed E-state index contributed by atoms with van der Waals surface area (Å²) in [6.07, 6.45) is 0. The van der Waals surface area contributed by atoms with Crippen LogP contribution in [0, 0.1) is 5.82 Å². The van der Waals surface area contributed by atoms with Gasteiger partial charge in [-0.25, -0.2) is 4.39 Å². The highest BCUT2D eigenvalue weighted by Crippen LogP contribution is 2.41. The van der Waals surface area contributed by atoms with E-state index in [1.807, 2.05) is 24.4 Å². The summed E-state index contributed by atoms with van der Waals surface area (Å²) in [5.74, 6) is -2.02. The minimum atomic E-state index is -1.04. The number of aliphatic hydroxyl groups is 1. The molecule has 0 bridgehead atoms. The van der Waals surface area contributed by atoms with Crippen LogP contribution in [0.2, 0.25) is 0 Å². The molecule has 1 unspecified atom stereocenters. The molecule has 0 saturated carbocycles. The first-order valence-electron chi connectivity index (χ1n) is 9.79. The highest BCUT2D eigenvalue weighted by Gasteiger charge is 2.47. The van der Waals surface area contributed by atoms with Crippen molar-refractivity contribution in [3.05, 3.63) is 93.4 Å². The average molecular weight is 437 g/mol. The third kappa shape index (κ3) is 3.96. The van der Waals surface area contributed by atoms with Crippen LogP contribution in [0.1, 0.15) is 29.0 Å². The number of nitrogens with zero attached hydrogens (tertiary/aromatic N) is 1. The van der Waals surface area contributed by atoms with Crippen LogP contribution in [0.5, 0.6) is 5.75 Å². The first-order valence-corrected chi connectivity index (χ1v) is 10.7. The van der Waals surface area contributed by atoms with Gasteiger partial charge in [-0.2, -0.15) is 0 Å². The van der Waals surface area contributed by atoms with Gasteiger partial charge in [-0.3, -0.25) is 9.59 Å². The number of thiophene rings is 1. The summed E-state index contributed by atoms with van der Waals surface area (Å²) in [5.41, 5.74) is 0.336. The molecule has 1 saturated heterocycles. The minimum Gasteiger partial charge on any atom is -0.507 e. The molecule has 2 aromatic carbocycles. The van der Waals surface area contributed by atoms with E-state index in [1.54, 1.807) is 30.3 Å². The number of hydrogen-bond acceptors (Lipinski definition) is 5. The van der Waals surface area contributed by atoms with Gasteiger partial charge in [0.05, 0.1) is 24.8 Å².